The molecule has 0 saturated heterocycles. The second-order valence-corrected chi connectivity index (χ2v) is 3.94. The monoisotopic (exact) mass is 260 g/mol. The van der Waals surface area contributed by atoms with Gasteiger partial charge in [0, 0.05) is 11.6 Å². The Balaban J connectivity index is 2.20. The third kappa shape index (κ3) is 2.86. The quantitative estimate of drug-likeness (QED) is 0.739. The van der Waals surface area contributed by atoms with Crippen LogP contribution in [0.3, 0.4) is 0 Å². The number of aliphatic carboxylic acids is 1. The number of fused-ring (bicyclic) bond motifs is 1. The third-order valence-corrected chi connectivity index (χ3v) is 2.63. The van der Waals surface area contributed by atoms with Crippen LogP contribution in [-0.4, -0.2) is 39.7 Å². The van der Waals surface area contributed by atoms with Crippen LogP contribution < -0.4 is 5.32 Å². The smallest absolute Gasteiger partial charge is 0.334 e. The molecule has 1 aromatic heterocycles. The van der Waals surface area contributed by atoms with Crippen LogP contribution in [0.1, 0.15) is 10.5 Å². The Bertz CT molecular complexity index is 622. The van der Waals surface area contributed by atoms with E-state index in [1.54, 1.807) is 18.2 Å². The van der Waals surface area contributed by atoms with Crippen LogP contribution in [0.15, 0.2) is 36.5 Å². The summed E-state index contributed by atoms with van der Waals surface area (Å²) in [6.07, 6.45) is -0.121. The van der Waals surface area contributed by atoms with Gasteiger partial charge in [-0.25, -0.2) is 4.79 Å². The Labute approximate surface area is 108 Å². The van der Waals surface area contributed by atoms with Gasteiger partial charge in [0.25, 0.3) is 5.91 Å². The number of hydrogen-bond donors (Lipinski definition) is 3. The van der Waals surface area contributed by atoms with Crippen LogP contribution in [0.5, 0.6) is 0 Å². The van der Waals surface area contributed by atoms with Gasteiger partial charge < -0.3 is 15.5 Å². The van der Waals surface area contributed by atoms with Crippen molar-refractivity contribution >= 4 is 22.6 Å². The summed E-state index contributed by atoms with van der Waals surface area (Å²) in [7, 11) is 0. The molecule has 0 saturated carbocycles. The summed E-state index contributed by atoms with van der Waals surface area (Å²) in [6.45, 7) is -0.362. The van der Waals surface area contributed by atoms with E-state index >= 15 is 0 Å². The van der Waals surface area contributed by atoms with Crippen LogP contribution in [0.4, 0.5) is 0 Å². The van der Waals surface area contributed by atoms with Gasteiger partial charge in [0.2, 0.25) is 0 Å². The predicted molar refractivity (Wildman–Crippen MR) is 67.7 cm³/mol. The number of aliphatic hydroxyl groups excluding tert-OH is 1. The van der Waals surface area contributed by atoms with Crippen LogP contribution in [0.25, 0.3) is 10.8 Å². The molecule has 1 heterocycles. The van der Waals surface area contributed by atoms with E-state index in [4.69, 9.17) is 10.2 Å². The Morgan fingerprint density at radius 1 is 1.26 bits per heavy atom. The van der Waals surface area contributed by atoms with Crippen LogP contribution in [-0.2, 0) is 4.79 Å². The van der Waals surface area contributed by atoms with Crippen molar-refractivity contribution in [2.75, 3.05) is 6.54 Å². The lowest BCUT2D eigenvalue weighted by atomic mass is 10.1. The van der Waals surface area contributed by atoms with Gasteiger partial charge in [0.1, 0.15) is 5.69 Å². The lowest BCUT2D eigenvalue weighted by molar-refractivity contribution is -0.146. The maximum Gasteiger partial charge on any atom is 0.334 e. The summed E-state index contributed by atoms with van der Waals surface area (Å²) in [5, 5.41) is 21.5. The van der Waals surface area contributed by atoms with E-state index in [0.29, 0.717) is 5.39 Å². The molecule has 0 aliphatic carbocycles. The number of nitrogens with zero attached hydrogens (tertiary/aromatic N) is 1. The second-order valence-electron chi connectivity index (χ2n) is 3.94. The van der Waals surface area contributed by atoms with Crippen molar-refractivity contribution in [2.45, 2.75) is 6.10 Å². The molecular weight excluding hydrogens is 248 g/mol. The molecule has 6 nitrogen and oxygen atoms in total. The number of benzene rings is 1. The number of pyridine rings is 1. The molecule has 0 aliphatic rings. The molecule has 2 aromatic rings. The molecule has 3 N–H and O–H groups in total. The number of carboxylic acids is 1. The van der Waals surface area contributed by atoms with E-state index in [1.165, 1.54) is 6.20 Å². The predicted octanol–water partition coefficient (Wildman–Crippen LogP) is 0.410. The van der Waals surface area contributed by atoms with Crippen LogP contribution in [0.2, 0.25) is 0 Å². The maximum atomic E-state index is 11.9. The molecule has 1 atom stereocenters. The lowest BCUT2D eigenvalue weighted by Crippen LogP contribution is -2.36. The summed E-state index contributed by atoms with van der Waals surface area (Å²) in [6, 6.07) is 9.01. The molecule has 0 fully saturated rings. The first-order valence-corrected chi connectivity index (χ1v) is 5.62. The van der Waals surface area contributed by atoms with Crippen molar-refractivity contribution in [3.05, 3.63) is 42.2 Å². The van der Waals surface area contributed by atoms with E-state index in [1.807, 2.05) is 12.1 Å². The van der Waals surface area contributed by atoms with Gasteiger partial charge in [-0.2, -0.15) is 0 Å². The average molecular weight is 260 g/mol. The van der Waals surface area contributed by atoms with E-state index in [-0.39, 0.29) is 12.2 Å². The standard InChI is InChI=1S/C13H12N2O4/c16-10(13(18)19)7-15-12(17)11-9-4-2-1-3-8(9)5-6-14-11/h1-6,10,16H,7H2,(H,15,17)(H,18,19). The number of carbonyl (C=O) groups excluding carboxylic acids is 1. The van der Waals surface area contributed by atoms with Gasteiger partial charge in [-0.3, -0.25) is 9.78 Å². The molecule has 2 rings (SSSR count). The number of aliphatic hydroxyl groups is 1. The highest BCUT2D eigenvalue weighted by Gasteiger charge is 2.16. The highest BCUT2D eigenvalue weighted by atomic mass is 16.4. The minimum atomic E-state index is -1.63. The summed E-state index contributed by atoms with van der Waals surface area (Å²) in [4.78, 5) is 26.3. The number of carboxylic acid groups (broad SMARTS) is 1. The number of carbonyl (C=O) groups is 2. The second kappa shape index (κ2) is 5.45. The molecule has 0 radical (unpaired) electrons. The van der Waals surface area contributed by atoms with Crippen molar-refractivity contribution in [1.29, 1.82) is 0 Å². The minimum Gasteiger partial charge on any atom is -0.479 e. The minimum absolute atomic E-state index is 0.204. The summed E-state index contributed by atoms with van der Waals surface area (Å²) >= 11 is 0. The van der Waals surface area contributed by atoms with Gasteiger partial charge in [-0.1, -0.05) is 24.3 Å². The fourth-order valence-electron chi connectivity index (χ4n) is 1.66. The van der Waals surface area contributed by atoms with Gasteiger partial charge in [-0.05, 0) is 11.5 Å². The zero-order valence-corrected chi connectivity index (χ0v) is 9.91. The highest BCUT2D eigenvalue weighted by molar-refractivity contribution is 6.05. The molecule has 6 heteroatoms. The number of rotatable bonds is 4. The largest absolute Gasteiger partial charge is 0.479 e. The van der Waals surface area contributed by atoms with Crippen molar-refractivity contribution in [2.24, 2.45) is 0 Å². The summed E-state index contributed by atoms with van der Waals surface area (Å²) < 4.78 is 0. The summed E-state index contributed by atoms with van der Waals surface area (Å²) in [5.74, 6) is -1.90. The van der Waals surface area contributed by atoms with E-state index < -0.39 is 18.0 Å². The topological polar surface area (TPSA) is 99.5 Å². The molecule has 0 bridgehead atoms. The van der Waals surface area contributed by atoms with Crippen molar-refractivity contribution in [3.63, 3.8) is 0 Å². The number of hydrogen-bond acceptors (Lipinski definition) is 4. The third-order valence-electron chi connectivity index (χ3n) is 2.63. The normalized spacial score (nSPS) is 12.1. The lowest BCUT2D eigenvalue weighted by Gasteiger charge is -2.08. The fraction of sp³-hybridized carbons (Fsp3) is 0.154. The number of aromatic nitrogens is 1. The molecule has 1 unspecified atom stereocenters. The van der Waals surface area contributed by atoms with Crippen molar-refractivity contribution in [3.8, 4) is 0 Å². The Morgan fingerprint density at radius 3 is 2.74 bits per heavy atom. The van der Waals surface area contributed by atoms with Gasteiger partial charge >= 0.3 is 5.97 Å². The average Bonchev–Trinajstić information content (AvgIpc) is 2.43. The maximum absolute atomic E-state index is 11.9. The Kier molecular flexibility index (Phi) is 3.72. The van der Waals surface area contributed by atoms with E-state index in [2.05, 4.69) is 10.3 Å². The molecule has 1 aromatic carbocycles. The number of nitrogens with one attached hydrogen (secondary N) is 1. The molecule has 98 valence electrons. The SMILES string of the molecule is O=C(NCC(O)C(=O)O)c1nccc2ccccc12. The van der Waals surface area contributed by atoms with Crippen molar-refractivity contribution < 1.29 is 19.8 Å². The Morgan fingerprint density at radius 2 is 2.00 bits per heavy atom. The molecule has 0 spiro atoms. The molecule has 1 amide bonds. The first kappa shape index (κ1) is 13.0. The zero-order valence-electron chi connectivity index (χ0n) is 9.91. The number of amides is 1. The van der Waals surface area contributed by atoms with Crippen LogP contribution in [0, 0.1) is 0 Å². The zero-order chi connectivity index (χ0) is 13.8. The van der Waals surface area contributed by atoms with Gasteiger partial charge in [0.15, 0.2) is 6.10 Å². The Hall–Kier alpha value is -2.47. The van der Waals surface area contributed by atoms with Crippen LogP contribution >= 0.6 is 0 Å². The van der Waals surface area contributed by atoms with E-state index in [0.717, 1.165) is 5.39 Å². The first-order valence-electron chi connectivity index (χ1n) is 5.62. The highest BCUT2D eigenvalue weighted by Crippen LogP contribution is 2.15. The summed E-state index contributed by atoms with van der Waals surface area (Å²) in [5.41, 5.74) is 0.204. The van der Waals surface area contributed by atoms with Gasteiger partial charge in [0.05, 0.1) is 6.54 Å². The first-order chi connectivity index (χ1) is 9.09. The van der Waals surface area contributed by atoms with Crippen molar-refractivity contribution in [1.82, 2.24) is 10.3 Å². The molecule has 0 aliphatic heterocycles. The molecule has 19 heavy (non-hydrogen) atoms. The van der Waals surface area contributed by atoms with E-state index in [9.17, 15) is 9.59 Å². The van der Waals surface area contributed by atoms with Gasteiger partial charge in [-0.15, -0.1) is 0 Å². The fourth-order valence-corrected chi connectivity index (χ4v) is 1.66. The molecular formula is C13H12N2O4.